The van der Waals surface area contributed by atoms with E-state index in [1.54, 1.807) is 0 Å². The predicted molar refractivity (Wildman–Crippen MR) is 47.3 cm³/mol. The van der Waals surface area contributed by atoms with E-state index in [0.717, 1.165) is 24.8 Å². The van der Waals surface area contributed by atoms with Crippen molar-refractivity contribution in [2.24, 2.45) is 5.92 Å². The molecule has 2 atom stereocenters. The lowest BCUT2D eigenvalue weighted by atomic mass is 9.88. The molecular formula is C10H16O. The molecule has 0 fully saturated rings. The van der Waals surface area contributed by atoms with Crippen LogP contribution in [0.25, 0.3) is 0 Å². The zero-order valence-electron chi connectivity index (χ0n) is 7.09. The van der Waals surface area contributed by atoms with Gasteiger partial charge in [0, 0.05) is 5.92 Å². The molecule has 1 heteroatoms. The lowest BCUT2D eigenvalue weighted by Crippen LogP contribution is -2.21. The normalized spacial score (nSPS) is 30.4. The fourth-order valence-electron chi connectivity index (χ4n) is 1.49. The molecule has 1 rings (SSSR count). The van der Waals surface area contributed by atoms with Crippen molar-refractivity contribution in [1.29, 1.82) is 0 Å². The minimum atomic E-state index is -0.142. The van der Waals surface area contributed by atoms with Crippen molar-refractivity contribution in [2.75, 3.05) is 0 Å². The highest BCUT2D eigenvalue weighted by Crippen LogP contribution is 2.23. The Morgan fingerprint density at radius 1 is 1.73 bits per heavy atom. The molecule has 0 radical (unpaired) electrons. The van der Waals surface area contributed by atoms with Gasteiger partial charge in [-0.2, -0.15) is 0 Å². The van der Waals surface area contributed by atoms with Crippen LogP contribution in [0.5, 0.6) is 0 Å². The summed E-state index contributed by atoms with van der Waals surface area (Å²) in [5.74, 6) is 0.321. The highest BCUT2D eigenvalue weighted by molar-refractivity contribution is 5.03. The summed E-state index contributed by atoms with van der Waals surface area (Å²) in [6.45, 7) is 5.85. The first-order chi connectivity index (χ1) is 5.20. The fourth-order valence-corrected chi connectivity index (χ4v) is 1.49. The molecule has 0 saturated carbocycles. The Hall–Kier alpha value is -0.560. The molecular weight excluding hydrogens is 136 g/mol. The molecule has 1 N–H and O–H groups in total. The van der Waals surface area contributed by atoms with Gasteiger partial charge in [0.05, 0.1) is 6.10 Å². The van der Waals surface area contributed by atoms with Crippen LogP contribution in [-0.4, -0.2) is 11.2 Å². The fraction of sp³-hybridized carbons (Fsp3) is 0.600. The largest absolute Gasteiger partial charge is 0.392 e. The summed E-state index contributed by atoms with van der Waals surface area (Å²) in [5.41, 5.74) is 1.15. The summed E-state index contributed by atoms with van der Waals surface area (Å²) >= 11 is 0. The standard InChI is InChI=1S/C10H16O/c1-8(2)7-9-5-3-4-6-10(9)11/h3,5,9-11H,1,4,6-7H2,2H3. The topological polar surface area (TPSA) is 20.2 Å². The third kappa shape index (κ3) is 2.51. The third-order valence-corrected chi connectivity index (χ3v) is 2.09. The van der Waals surface area contributed by atoms with Crippen molar-refractivity contribution in [1.82, 2.24) is 0 Å². The Kier molecular flexibility index (Phi) is 2.89. The number of hydrogen-bond donors (Lipinski definition) is 1. The molecule has 2 unspecified atom stereocenters. The van der Waals surface area contributed by atoms with E-state index in [1.807, 2.05) is 6.92 Å². The van der Waals surface area contributed by atoms with Crippen molar-refractivity contribution in [3.05, 3.63) is 24.3 Å². The van der Waals surface area contributed by atoms with Gasteiger partial charge in [0.1, 0.15) is 0 Å². The van der Waals surface area contributed by atoms with Crippen LogP contribution in [0.15, 0.2) is 24.3 Å². The summed E-state index contributed by atoms with van der Waals surface area (Å²) in [6.07, 6.45) is 6.99. The molecule has 0 aliphatic heterocycles. The van der Waals surface area contributed by atoms with E-state index in [9.17, 15) is 5.11 Å². The van der Waals surface area contributed by atoms with Gasteiger partial charge in [0.25, 0.3) is 0 Å². The minimum absolute atomic E-state index is 0.142. The Balaban J connectivity index is 2.48. The molecule has 0 bridgehead atoms. The van der Waals surface area contributed by atoms with E-state index in [0.29, 0.717) is 5.92 Å². The summed E-state index contributed by atoms with van der Waals surface area (Å²) < 4.78 is 0. The van der Waals surface area contributed by atoms with Gasteiger partial charge in [-0.15, -0.1) is 6.58 Å². The first kappa shape index (κ1) is 8.54. The van der Waals surface area contributed by atoms with E-state index in [4.69, 9.17) is 0 Å². The number of rotatable bonds is 2. The van der Waals surface area contributed by atoms with Crippen molar-refractivity contribution in [3.8, 4) is 0 Å². The van der Waals surface area contributed by atoms with Gasteiger partial charge in [-0.3, -0.25) is 0 Å². The van der Waals surface area contributed by atoms with Crippen LogP contribution in [-0.2, 0) is 0 Å². The predicted octanol–water partition coefficient (Wildman–Crippen LogP) is 2.28. The summed E-state index contributed by atoms with van der Waals surface area (Å²) in [4.78, 5) is 0. The average Bonchev–Trinajstić information content (AvgIpc) is 1.93. The van der Waals surface area contributed by atoms with Crippen LogP contribution in [0.3, 0.4) is 0 Å². The molecule has 62 valence electrons. The molecule has 0 aromatic carbocycles. The first-order valence-electron chi connectivity index (χ1n) is 4.19. The van der Waals surface area contributed by atoms with Gasteiger partial charge in [-0.25, -0.2) is 0 Å². The lowest BCUT2D eigenvalue weighted by Gasteiger charge is -2.22. The van der Waals surface area contributed by atoms with E-state index >= 15 is 0 Å². The summed E-state index contributed by atoms with van der Waals surface area (Å²) in [6, 6.07) is 0. The van der Waals surface area contributed by atoms with E-state index in [2.05, 4.69) is 18.7 Å². The number of allylic oxidation sites excluding steroid dienone is 2. The SMILES string of the molecule is C=C(C)CC1C=CCCC1O. The zero-order chi connectivity index (χ0) is 8.27. The van der Waals surface area contributed by atoms with Crippen LogP contribution in [0.2, 0.25) is 0 Å². The maximum absolute atomic E-state index is 9.53. The van der Waals surface area contributed by atoms with Crippen LogP contribution in [0.1, 0.15) is 26.2 Å². The Labute approximate surface area is 68.4 Å². The molecule has 0 spiro atoms. The second-order valence-electron chi connectivity index (χ2n) is 3.40. The molecule has 0 heterocycles. The quantitative estimate of drug-likeness (QED) is 0.602. The van der Waals surface area contributed by atoms with Gasteiger partial charge >= 0.3 is 0 Å². The van der Waals surface area contributed by atoms with Gasteiger partial charge in [0.2, 0.25) is 0 Å². The zero-order valence-corrected chi connectivity index (χ0v) is 7.09. The first-order valence-corrected chi connectivity index (χ1v) is 4.19. The van der Waals surface area contributed by atoms with Crippen molar-refractivity contribution < 1.29 is 5.11 Å². The molecule has 0 aromatic heterocycles. The van der Waals surface area contributed by atoms with Crippen LogP contribution in [0, 0.1) is 5.92 Å². The van der Waals surface area contributed by atoms with E-state index in [1.165, 1.54) is 0 Å². The van der Waals surface area contributed by atoms with Gasteiger partial charge in [-0.1, -0.05) is 17.7 Å². The molecule has 1 aliphatic carbocycles. The second kappa shape index (κ2) is 3.72. The number of aliphatic hydroxyl groups is 1. The minimum Gasteiger partial charge on any atom is -0.392 e. The molecule has 0 amide bonds. The lowest BCUT2D eigenvalue weighted by molar-refractivity contribution is 0.116. The summed E-state index contributed by atoms with van der Waals surface area (Å²) in [5, 5.41) is 9.53. The number of aliphatic hydroxyl groups excluding tert-OH is 1. The van der Waals surface area contributed by atoms with Crippen molar-refractivity contribution in [2.45, 2.75) is 32.3 Å². The average molecular weight is 152 g/mol. The molecule has 0 saturated heterocycles. The van der Waals surface area contributed by atoms with Gasteiger partial charge in [-0.05, 0) is 26.2 Å². The molecule has 1 nitrogen and oxygen atoms in total. The van der Waals surface area contributed by atoms with Crippen molar-refractivity contribution >= 4 is 0 Å². The van der Waals surface area contributed by atoms with E-state index in [-0.39, 0.29) is 6.10 Å². The monoisotopic (exact) mass is 152 g/mol. The van der Waals surface area contributed by atoms with Crippen LogP contribution >= 0.6 is 0 Å². The Bertz CT molecular complexity index is 170. The van der Waals surface area contributed by atoms with Crippen molar-refractivity contribution in [3.63, 3.8) is 0 Å². The van der Waals surface area contributed by atoms with Gasteiger partial charge < -0.3 is 5.11 Å². The Morgan fingerprint density at radius 2 is 2.45 bits per heavy atom. The smallest absolute Gasteiger partial charge is 0.0608 e. The second-order valence-corrected chi connectivity index (χ2v) is 3.40. The van der Waals surface area contributed by atoms with E-state index < -0.39 is 0 Å². The molecule has 0 aromatic rings. The molecule has 11 heavy (non-hydrogen) atoms. The maximum atomic E-state index is 9.53. The maximum Gasteiger partial charge on any atom is 0.0608 e. The third-order valence-electron chi connectivity index (χ3n) is 2.09. The van der Waals surface area contributed by atoms with Gasteiger partial charge in [0.15, 0.2) is 0 Å². The highest BCUT2D eigenvalue weighted by atomic mass is 16.3. The Morgan fingerprint density at radius 3 is 3.00 bits per heavy atom. The number of hydrogen-bond acceptors (Lipinski definition) is 1. The summed E-state index contributed by atoms with van der Waals surface area (Å²) in [7, 11) is 0. The highest BCUT2D eigenvalue weighted by Gasteiger charge is 2.18. The van der Waals surface area contributed by atoms with Crippen LogP contribution < -0.4 is 0 Å². The van der Waals surface area contributed by atoms with Crippen LogP contribution in [0.4, 0.5) is 0 Å². The molecule has 1 aliphatic rings.